The molecular weight excluding hydrogens is 244 g/mol. The fourth-order valence-electron chi connectivity index (χ4n) is 2.37. The number of hydrogen-bond donors (Lipinski definition) is 2. The summed E-state index contributed by atoms with van der Waals surface area (Å²) in [5.74, 6) is -1.11. The molecule has 1 atom stereocenters. The molecule has 5 heteroatoms. The van der Waals surface area contributed by atoms with E-state index in [0.29, 0.717) is 13.0 Å². The van der Waals surface area contributed by atoms with Crippen LogP contribution in [0.3, 0.4) is 0 Å². The molecule has 1 aliphatic rings. The minimum Gasteiger partial charge on any atom is -0.480 e. The molecule has 0 aromatic heterocycles. The first-order valence-electron chi connectivity index (χ1n) is 6.47. The highest BCUT2D eigenvalue weighted by Gasteiger charge is 2.30. The van der Waals surface area contributed by atoms with Crippen LogP contribution in [0.1, 0.15) is 18.9 Å². The number of para-hydroxylation sites is 1. The molecule has 1 amide bonds. The van der Waals surface area contributed by atoms with E-state index in [9.17, 15) is 9.59 Å². The van der Waals surface area contributed by atoms with E-state index in [1.807, 2.05) is 31.2 Å². The summed E-state index contributed by atoms with van der Waals surface area (Å²) in [7, 11) is 0. The normalized spacial score (nSPS) is 16.6. The van der Waals surface area contributed by atoms with Crippen LogP contribution in [0, 0.1) is 0 Å². The van der Waals surface area contributed by atoms with Gasteiger partial charge in [0.05, 0.1) is 0 Å². The Hall–Kier alpha value is -2.04. The molecule has 5 nitrogen and oxygen atoms in total. The molecule has 0 saturated heterocycles. The standard InChI is InChI=1S/C14H18N2O3/c1-2-7-16(9-13(17)18)14(19)12-8-10-5-3-4-6-11(10)15-12/h3-6,12,15H,2,7-9H2,1H3,(H,17,18). The van der Waals surface area contributed by atoms with E-state index >= 15 is 0 Å². The van der Waals surface area contributed by atoms with Gasteiger partial charge in [-0.25, -0.2) is 0 Å². The second-order valence-electron chi connectivity index (χ2n) is 4.71. The van der Waals surface area contributed by atoms with Crippen LogP contribution in [0.4, 0.5) is 5.69 Å². The van der Waals surface area contributed by atoms with Crippen LogP contribution in [0.2, 0.25) is 0 Å². The van der Waals surface area contributed by atoms with Crippen molar-refractivity contribution in [2.75, 3.05) is 18.4 Å². The van der Waals surface area contributed by atoms with Crippen molar-refractivity contribution in [2.24, 2.45) is 0 Å². The van der Waals surface area contributed by atoms with E-state index in [4.69, 9.17) is 5.11 Å². The number of nitrogens with zero attached hydrogens (tertiary/aromatic N) is 1. The fourth-order valence-corrected chi connectivity index (χ4v) is 2.37. The van der Waals surface area contributed by atoms with Crippen LogP contribution in [-0.4, -0.2) is 41.0 Å². The summed E-state index contributed by atoms with van der Waals surface area (Å²) in [6.45, 7) is 2.17. The van der Waals surface area contributed by atoms with Crippen molar-refractivity contribution >= 4 is 17.6 Å². The SMILES string of the molecule is CCCN(CC(=O)O)C(=O)C1Cc2ccccc2N1. The Morgan fingerprint density at radius 1 is 1.42 bits per heavy atom. The number of nitrogens with one attached hydrogen (secondary N) is 1. The molecule has 1 heterocycles. The minimum absolute atomic E-state index is 0.138. The maximum absolute atomic E-state index is 12.3. The third-order valence-electron chi connectivity index (χ3n) is 3.20. The molecule has 0 fully saturated rings. The number of benzene rings is 1. The van der Waals surface area contributed by atoms with Crippen LogP contribution < -0.4 is 5.32 Å². The van der Waals surface area contributed by atoms with Crippen LogP contribution in [-0.2, 0) is 16.0 Å². The van der Waals surface area contributed by atoms with Crippen molar-refractivity contribution in [1.29, 1.82) is 0 Å². The molecule has 1 aromatic rings. The van der Waals surface area contributed by atoms with Gasteiger partial charge in [-0.3, -0.25) is 9.59 Å². The molecule has 0 bridgehead atoms. The number of rotatable bonds is 5. The number of fused-ring (bicyclic) bond motifs is 1. The summed E-state index contributed by atoms with van der Waals surface area (Å²) in [6, 6.07) is 7.43. The van der Waals surface area contributed by atoms with E-state index in [-0.39, 0.29) is 18.5 Å². The van der Waals surface area contributed by atoms with Gasteiger partial charge in [-0.1, -0.05) is 25.1 Å². The molecule has 1 aromatic carbocycles. The zero-order valence-corrected chi connectivity index (χ0v) is 10.9. The molecule has 102 valence electrons. The monoisotopic (exact) mass is 262 g/mol. The van der Waals surface area contributed by atoms with Gasteiger partial charge in [0.25, 0.3) is 0 Å². The van der Waals surface area contributed by atoms with Crippen LogP contribution >= 0.6 is 0 Å². The van der Waals surface area contributed by atoms with Crippen molar-refractivity contribution in [3.05, 3.63) is 29.8 Å². The maximum atomic E-state index is 12.3. The number of anilines is 1. The number of aliphatic carboxylic acids is 1. The number of carboxylic acids is 1. The van der Waals surface area contributed by atoms with Gasteiger partial charge in [0, 0.05) is 18.7 Å². The van der Waals surface area contributed by atoms with Crippen molar-refractivity contribution in [3.8, 4) is 0 Å². The van der Waals surface area contributed by atoms with Gasteiger partial charge in [-0.05, 0) is 18.1 Å². The maximum Gasteiger partial charge on any atom is 0.323 e. The van der Waals surface area contributed by atoms with E-state index in [1.54, 1.807) is 0 Å². The van der Waals surface area contributed by atoms with Crippen molar-refractivity contribution < 1.29 is 14.7 Å². The summed E-state index contributed by atoms with van der Waals surface area (Å²) in [4.78, 5) is 24.6. The lowest BCUT2D eigenvalue weighted by atomic mass is 10.1. The topological polar surface area (TPSA) is 69.6 Å². The first kappa shape index (κ1) is 13.4. The molecule has 0 saturated carbocycles. The Kier molecular flexibility index (Phi) is 4.04. The van der Waals surface area contributed by atoms with E-state index in [0.717, 1.165) is 17.7 Å². The van der Waals surface area contributed by atoms with Gasteiger partial charge < -0.3 is 15.3 Å². The first-order valence-corrected chi connectivity index (χ1v) is 6.47. The quantitative estimate of drug-likeness (QED) is 0.840. The van der Waals surface area contributed by atoms with E-state index in [1.165, 1.54) is 4.90 Å². The summed E-state index contributed by atoms with van der Waals surface area (Å²) < 4.78 is 0. The lowest BCUT2D eigenvalue weighted by Gasteiger charge is -2.23. The molecule has 19 heavy (non-hydrogen) atoms. The van der Waals surface area contributed by atoms with Crippen molar-refractivity contribution in [3.63, 3.8) is 0 Å². The average Bonchev–Trinajstić information content (AvgIpc) is 2.80. The zero-order valence-electron chi connectivity index (χ0n) is 10.9. The summed E-state index contributed by atoms with van der Waals surface area (Å²) in [5, 5.41) is 12.0. The van der Waals surface area contributed by atoms with Crippen molar-refractivity contribution in [2.45, 2.75) is 25.8 Å². The number of carbonyl (C=O) groups is 2. The molecule has 0 aliphatic carbocycles. The highest BCUT2D eigenvalue weighted by atomic mass is 16.4. The van der Waals surface area contributed by atoms with Crippen LogP contribution in [0.15, 0.2) is 24.3 Å². The Bertz CT molecular complexity index is 462. The van der Waals surface area contributed by atoms with Gasteiger partial charge >= 0.3 is 5.97 Å². The van der Waals surface area contributed by atoms with E-state index < -0.39 is 5.97 Å². The predicted molar refractivity (Wildman–Crippen MR) is 72.1 cm³/mol. The number of hydrogen-bond acceptors (Lipinski definition) is 3. The third kappa shape index (κ3) is 3.05. The summed E-state index contributed by atoms with van der Waals surface area (Å²) >= 11 is 0. The number of carbonyl (C=O) groups excluding carboxylic acids is 1. The minimum atomic E-state index is -0.975. The van der Waals surface area contributed by atoms with Gasteiger partial charge in [-0.2, -0.15) is 0 Å². The molecule has 2 rings (SSSR count). The predicted octanol–water partition coefficient (Wildman–Crippen LogP) is 1.35. The lowest BCUT2D eigenvalue weighted by molar-refractivity contribution is -0.144. The second kappa shape index (κ2) is 5.73. The smallest absolute Gasteiger partial charge is 0.323 e. The van der Waals surface area contributed by atoms with Gasteiger partial charge in [0.1, 0.15) is 12.6 Å². The fraction of sp³-hybridized carbons (Fsp3) is 0.429. The van der Waals surface area contributed by atoms with Gasteiger partial charge in [-0.15, -0.1) is 0 Å². The summed E-state index contributed by atoms with van der Waals surface area (Å²) in [5.41, 5.74) is 2.07. The largest absolute Gasteiger partial charge is 0.480 e. The van der Waals surface area contributed by atoms with Crippen LogP contribution in [0.25, 0.3) is 0 Å². The highest BCUT2D eigenvalue weighted by Crippen LogP contribution is 2.26. The third-order valence-corrected chi connectivity index (χ3v) is 3.20. The Labute approximate surface area is 112 Å². The first-order chi connectivity index (χ1) is 9.11. The van der Waals surface area contributed by atoms with E-state index in [2.05, 4.69) is 5.32 Å². The zero-order chi connectivity index (χ0) is 13.8. The molecule has 2 N–H and O–H groups in total. The summed E-state index contributed by atoms with van der Waals surface area (Å²) in [6.07, 6.45) is 1.37. The lowest BCUT2D eigenvalue weighted by Crippen LogP contribution is -2.44. The molecule has 0 spiro atoms. The Balaban J connectivity index is 2.06. The molecular formula is C14H18N2O3. The number of carboxylic acid groups (broad SMARTS) is 1. The molecule has 1 aliphatic heterocycles. The highest BCUT2D eigenvalue weighted by molar-refractivity contribution is 5.89. The Morgan fingerprint density at radius 3 is 2.79 bits per heavy atom. The molecule has 0 radical (unpaired) electrons. The van der Waals surface area contributed by atoms with Gasteiger partial charge in [0.15, 0.2) is 0 Å². The van der Waals surface area contributed by atoms with Crippen LogP contribution in [0.5, 0.6) is 0 Å². The van der Waals surface area contributed by atoms with Gasteiger partial charge in [0.2, 0.25) is 5.91 Å². The number of amides is 1. The Morgan fingerprint density at radius 2 is 2.16 bits per heavy atom. The van der Waals surface area contributed by atoms with Crippen molar-refractivity contribution in [1.82, 2.24) is 4.90 Å². The second-order valence-corrected chi connectivity index (χ2v) is 4.71. The molecule has 1 unspecified atom stereocenters. The average molecular weight is 262 g/mol.